The van der Waals surface area contributed by atoms with Crippen LogP contribution in [-0.4, -0.2) is 9.13 Å². The van der Waals surface area contributed by atoms with Gasteiger partial charge in [0.2, 0.25) is 0 Å². The summed E-state index contributed by atoms with van der Waals surface area (Å²) in [5.74, 6) is 0. The van der Waals surface area contributed by atoms with Crippen LogP contribution in [0.3, 0.4) is 0 Å². The zero-order valence-electron chi connectivity index (χ0n) is 33.6. The minimum Gasteiger partial charge on any atom is -0.309 e. The third kappa shape index (κ3) is 5.39. The van der Waals surface area contributed by atoms with Gasteiger partial charge in [-0.3, -0.25) is 0 Å². The molecule has 10 aromatic rings. The van der Waals surface area contributed by atoms with Crippen LogP contribution < -0.4 is 0 Å². The van der Waals surface area contributed by atoms with Crippen LogP contribution in [0.15, 0.2) is 182 Å². The molecule has 0 saturated carbocycles. The topological polar surface area (TPSA) is 9.86 Å². The Morgan fingerprint density at radius 3 is 1.34 bits per heavy atom. The van der Waals surface area contributed by atoms with Crippen LogP contribution in [0, 0.1) is 0 Å². The molecule has 58 heavy (non-hydrogen) atoms. The van der Waals surface area contributed by atoms with E-state index < -0.39 is 0 Å². The smallest absolute Gasteiger partial charge is 0.0541 e. The highest BCUT2D eigenvalue weighted by molar-refractivity contribution is 6.12. The Bertz CT molecular complexity index is 3210. The first-order chi connectivity index (χ1) is 28.2. The monoisotopic (exact) mass is 746 g/mol. The maximum atomic E-state index is 2.48. The number of para-hydroxylation sites is 3. The Hall–Kier alpha value is -6.64. The van der Waals surface area contributed by atoms with Gasteiger partial charge in [-0.1, -0.05) is 149 Å². The number of nitrogens with zero attached hydrogens (tertiary/aromatic N) is 2. The van der Waals surface area contributed by atoms with Gasteiger partial charge in [-0.05, 0) is 129 Å². The second kappa shape index (κ2) is 12.9. The standard InChI is InChI=1S/C56H46N2/c1-55(2)32-33-56(3,4)50-36-40(24-29-49(50)55)44-17-9-8-16-43(44)37-22-27-42(28-23-37)58-52-21-13-11-19-46(52)48-35-39(26-31-54(48)58)38-25-30-53-47(34-38)45-18-10-12-20-51(45)57(53)41-14-6-5-7-15-41/h5-31,34-36H,32-33H2,1-4H3. The summed E-state index contributed by atoms with van der Waals surface area (Å²) in [5, 5.41) is 5.05. The third-order valence-electron chi connectivity index (χ3n) is 13.2. The van der Waals surface area contributed by atoms with E-state index in [1.165, 1.54) is 107 Å². The number of fused-ring (bicyclic) bond motifs is 7. The molecule has 0 unspecified atom stereocenters. The van der Waals surface area contributed by atoms with Crippen molar-refractivity contribution >= 4 is 43.6 Å². The van der Waals surface area contributed by atoms with Crippen molar-refractivity contribution in [2.24, 2.45) is 0 Å². The fourth-order valence-corrected chi connectivity index (χ4v) is 9.97. The van der Waals surface area contributed by atoms with E-state index in [0.717, 1.165) is 5.69 Å². The molecule has 0 atom stereocenters. The average molecular weight is 747 g/mol. The van der Waals surface area contributed by atoms with E-state index in [-0.39, 0.29) is 10.8 Å². The molecule has 0 saturated heterocycles. The Morgan fingerprint density at radius 1 is 0.328 bits per heavy atom. The Balaban J connectivity index is 0.987. The van der Waals surface area contributed by atoms with Gasteiger partial charge in [0.1, 0.15) is 0 Å². The predicted octanol–water partition coefficient (Wildman–Crippen LogP) is 15.2. The van der Waals surface area contributed by atoms with Crippen molar-refractivity contribution < 1.29 is 0 Å². The predicted molar refractivity (Wildman–Crippen MR) is 247 cm³/mol. The molecule has 11 rings (SSSR count). The fourth-order valence-electron chi connectivity index (χ4n) is 9.97. The molecule has 2 heteroatoms. The van der Waals surface area contributed by atoms with Gasteiger partial charge in [0.05, 0.1) is 22.1 Å². The molecule has 0 radical (unpaired) electrons. The van der Waals surface area contributed by atoms with Crippen LogP contribution in [0.1, 0.15) is 51.7 Å². The maximum absolute atomic E-state index is 2.48. The first-order valence-corrected chi connectivity index (χ1v) is 20.7. The summed E-state index contributed by atoms with van der Waals surface area (Å²) >= 11 is 0. The summed E-state index contributed by atoms with van der Waals surface area (Å²) in [6.45, 7) is 9.63. The average Bonchev–Trinajstić information content (AvgIpc) is 3.78. The molecule has 0 bridgehead atoms. The summed E-state index contributed by atoms with van der Waals surface area (Å²) in [5.41, 5.74) is 18.1. The summed E-state index contributed by atoms with van der Waals surface area (Å²) in [6, 6.07) is 67.5. The summed E-state index contributed by atoms with van der Waals surface area (Å²) in [6.07, 6.45) is 2.43. The largest absolute Gasteiger partial charge is 0.309 e. The molecule has 2 heterocycles. The minimum atomic E-state index is 0.165. The van der Waals surface area contributed by atoms with E-state index in [4.69, 9.17) is 0 Å². The minimum absolute atomic E-state index is 0.165. The van der Waals surface area contributed by atoms with Crippen molar-refractivity contribution in [3.8, 4) is 44.8 Å². The van der Waals surface area contributed by atoms with Crippen LogP contribution in [0.4, 0.5) is 0 Å². The number of rotatable bonds is 5. The van der Waals surface area contributed by atoms with Gasteiger partial charge in [0.25, 0.3) is 0 Å². The summed E-state index contributed by atoms with van der Waals surface area (Å²) < 4.78 is 4.80. The van der Waals surface area contributed by atoms with Gasteiger partial charge in [0, 0.05) is 32.9 Å². The highest BCUT2D eigenvalue weighted by Gasteiger charge is 2.37. The first kappa shape index (κ1) is 34.6. The van der Waals surface area contributed by atoms with Crippen molar-refractivity contribution in [3.05, 3.63) is 193 Å². The molecule has 8 aromatic carbocycles. The van der Waals surface area contributed by atoms with Crippen molar-refractivity contribution in [1.29, 1.82) is 0 Å². The normalized spacial score (nSPS) is 14.7. The zero-order chi connectivity index (χ0) is 39.2. The first-order valence-electron chi connectivity index (χ1n) is 20.7. The number of benzene rings is 8. The second-order valence-corrected chi connectivity index (χ2v) is 17.6. The summed E-state index contributed by atoms with van der Waals surface area (Å²) in [4.78, 5) is 0. The van der Waals surface area contributed by atoms with Crippen molar-refractivity contribution in [1.82, 2.24) is 9.13 Å². The van der Waals surface area contributed by atoms with E-state index in [1.807, 2.05) is 0 Å². The van der Waals surface area contributed by atoms with Crippen LogP contribution in [-0.2, 0) is 10.8 Å². The van der Waals surface area contributed by atoms with E-state index in [1.54, 1.807) is 0 Å². The molecule has 0 N–H and O–H groups in total. The van der Waals surface area contributed by atoms with E-state index in [2.05, 4.69) is 219 Å². The second-order valence-electron chi connectivity index (χ2n) is 17.6. The lowest BCUT2D eigenvalue weighted by atomic mass is 9.63. The lowest BCUT2D eigenvalue weighted by Gasteiger charge is -2.42. The van der Waals surface area contributed by atoms with Crippen LogP contribution in [0.25, 0.3) is 88.4 Å². The Kier molecular flexibility index (Phi) is 7.72. The molecule has 280 valence electrons. The summed E-state index contributed by atoms with van der Waals surface area (Å²) in [7, 11) is 0. The molecule has 2 aromatic heterocycles. The highest BCUT2D eigenvalue weighted by Crippen LogP contribution is 2.48. The maximum Gasteiger partial charge on any atom is 0.0541 e. The molecule has 1 aliphatic carbocycles. The van der Waals surface area contributed by atoms with Crippen LogP contribution >= 0.6 is 0 Å². The Morgan fingerprint density at radius 2 is 0.759 bits per heavy atom. The Labute approximate surface area is 340 Å². The van der Waals surface area contributed by atoms with Gasteiger partial charge < -0.3 is 9.13 Å². The van der Waals surface area contributed by atoms with Crippen LogP contribution in [0.5, 0.6) is 0 Å². The molecule has 0 spiro atoms. The quantitative estimate of drug-likeness (QED) is 0.166. The lowest BCUT2D eigenvalue weighted by Crippen LogP contribution is -2.33. The van der Waals surface area contributed by atoms with Gasteiger partial charge in [-0.15, -0.1) is 0 Å². The SMILES string of the molecule is CC1(C)CCC(C)(C)c2cc(-c3ccccc3-c3ccc(-n4c5ccccc5c5cc(-c6ccc7c(c6)c6ccccc6n7-c6ccccc6)ccc54)cc3)ccc21. The number of hydrogen-bond donors (Lipinski definition) is 0. The molecule has 0 aliphatic heterocycles. The molecular weight excluding hydrogens is 701 g/mol. The molecule has 2 nitrogen and oxygen atoms in total. The lowest BCUT2D eigenvalue weighted by molar-refractivity contribution is 0.332. The fraction of sp³-hybridized carbons (Fsp3) is 0.143. The van der Waals surface area contributed by atoms with Crippen molar-refractivity contribution in [2.45, 2.75) is 51.4 Å². The third-order valence-corrected chi connectivity index (χ3v) is 13.2. The van der Waals surface area contributed by atoms with Gasteiger partial charge >= 0.3 is 0 Å². The molecule has 1 aliphatic rings. The van der Waals surface area contributed by atoms with E-state index in [9.17, 15) is 0 Å². The van der Waals surface area contributed by atoms with E-state index in [0.29, 0.717) is 0 Å². The number of aromatic nitrogens is 2. The zero-order valence-corrected chi connectivity index (χ0v) is 33.6. The highest BCUT2D eigenvalue weighted by atomic mass is 15.0. The molecule has 0 fully saturated rings. The molecule has 0 amide bonds. The van der Waals surface area contributed by atoms with Gasteiger partial charge in [-0.25, -0.2) is 0 Å². The van der Waals surface area contributed by atoms with Gasteiger partial charge in [0.15, 0.2) is 0 Å². The van der Waals surface area contributed by atoms with Crippen LogP contribution in [0.2, 0.25) is 0 Å². The van der Waals surface area contributed by atoms with Gasteiger partial charge in [-0.2, -0.15) is 0 Å². The van der Waals surface area contributed by atoms with Crippen molar-refractivity contribution in [2.75, 3.05) is 0 Å². The molecular formula is C56H46N2. The van der Waals surface area contributed by atoms with Crippen molar-refractivity contribution in [3.63, 3.8) is 0 Å². The number of hydrogen-bond acceptors (Lipinski definition) is 0. The van der Waals surface area contributed by atoms with E-state index >= 15 is 0 Å².